The van der Waals surface area contributed by atoms with Crippen molar-refractivity contribution in [2.75, 3.05) is 20.3 Å². The standard InChI is InChI=1S/C15H23NO2/c1-18-11-14(17)9-10-16-15(13-7-8-13)12-5-3-2-4-6-12/h2-6,13-17H,7-11H2,1H3. The highest BCUT2D eigenvalue weighted by Gasteiger charge is 2.31. The Morgan fingerprint density at radius 1 is 1.33 bits per heavy atom. The van der Waals surface area contributed by atoms with Crippen LogP contribution in [-0.4, -0.2) is 31.5 Å². The van der Waals surface area contributed by atoms with Gasteiger partial charge in [0.1, 0.15) is 0 Å². The van der Waals surface area contributed by atoms with Crippen LogP contribution in [-0.2, 0) is 4.74 Å². The van der Waals surface area contributed by atoms with Crippen LogP contribution in [0.15, 0.2) is 30.3 Å². The molecule has 0 heterocycles. The minimum atomic E-state index is -0.363. The van der Waals surface area contributed by atoms with Gasteiger partial charge in [0.15, 0.2) is 0 Å². The zero-order valence-corrected chi connectivity index (χ0v) is 11.0. The fourth-order valence-electron chi connectivity index (χ4n) is 2.33. The monoisotopic (exact) mass is 249 g/mol. The number of rotatable bonds is 8. The minimum absolute atomic E-state index is 0.363. The molecule has 2 rings (SSSR count). The Kier molecular flexibility index (Phi) is 5.17. The number of methoxy groups -OCH3 is 1. The van der Waals surface area contributed by atoms with Gasteiger partial charge in [-0.1, -0.05) is 30.3 Å². The van der Waals surface area contributed by atoms with Gasteiger partial charge < -0.3 is 15.2 Å². The van der Waals surface area contributed by atoms with Gasteiger partial charge in [0.25, 0.3) is 0 Å². The van der Waals surface area contributed by atoms with Crippen LogP contribution in [0.4, 0.5) is 0 Å². The van der Waals surface area contributed by atoms with E-state index >= 15 is 0 Å². The third-order valence-electron chi connectivity index (χ3n) is 3.45. The van der Waals surface area contributed by atoms with Gasteiger partial charge in [0, 0.05) is 13.2 Å². The van der Waals surface area contributed by atoms with E-state index in [1.54, 1.807) is 7.11 Å². The maximum absolute atomic E-state index is 9.62. The van der Waals surface area contributed by atoms with E-state index in [2.05, 4.69) is 35.6 Å². The number of benzene rings is 1. The third kappa shape index (κ3) is 4.09. The maximum atomic E-state index is 9.62. The quantitative estimate of drug-likeness (QED) is 0.741. The summed E-state index contributed by atoms with van der Waals surface area (Å²) >= 11 is 0. The van der Waals surface area contributed by atoms with E-state index in [1.807, 2.05) is 0 Å². The number of hydrogen-bond acceptors (Lipinski definition) is 3. The number of aliphatic hydroxyl groups is 1. The average molecular weight is 249 g/mol. The van der Waals surface area contributed by atoms with Crippen molar-refractivity contribution in [3.8, 4) is 0 Å². The molecule has 1 aromatic carbocycles. The summed E-state index contributed by atoms with van der Waals surface area (Å²) in [5.74, 6) is 0.770. The van der Waals surface area contributed by atoms with Crippen LogP contribution in [0.25, 0.3) is 0 Å². The zero-order chi connectivity index (χ0) is 12.8. The van der Waals surface area contributed by atoms with Crippen LogP contribution in [0.3, 0.4) is 0 Å². The molecule has 0 saturated heterocycles. The van der Waals surface area contributed by atoms with Gasteiger partial charge in [-0.3, -0.25) is 0 Å². The largest absolute Gasteiger partial charge is 0.391 e. The molecule has 0 bridgehead atoms. The molecule has 1 aliphatic carbocycles. The summed E-state index contributed by atoms with van der Waals surface area (Å²) in [5, 5.41) is 13.2. The van der Waals surface area contributed by atoms with Crippen molar-refractivity contribution in [3.05, 3.63) is 35.9 Å². The summed E-state index contributed by atoms with van der Waals surface area (Å²) in [5.41, 5.74) is 1.36. The van der Waals surface area contributed by atoms with Crippen molar-refractivity contribution in [1.82, 2.24) is 5.32 Å². The van der Waals surface area contributed by atoms with Crippen LogP contribution in [0.5, 0.6) is 0 Å². The second-order valence-corrected chi connectivity index (χ2v) is 5.08. The Morgan fingerprint density at radius 2 is 2.06 bits per heavy atom. The van der Waals surface area contributed by atoms with Crippen molar-refractivity contribution in [3.63, 3.8) is 0 Å². The highest BCUT2D eigenvalue weighted by atomic mass is 16.5. The van der Waals surface area contributed by atoms with Gasteiger partial charge in [-0.2, -0.15) is 0 Å². The van der Waals surface area contributed by atoms with E-state index in [4.69, 9.17) is 4.74 Å². The highest BCUT2D eigenvalue weighted by molar-refractivity contribution is 5.21. The van der Waals surface area contributed by atoms with Crippen molar-refractivity contribution >= 4 is 0 Å². The van der Waals surface area contributed by atoms with Crippen LogP contribution < -0.4 is 5.32 Å². The number of hydrogen-bond donors (Lipinski definition) is 2. The Morgan fingerprint density at radius 3 is 2.67 bits per heavy atom. The van der Waals surface area contributed by atoms with Gasteiger partial charge in [-0.05, 0) is 37.3 Å². The molecular weight excluding hydrogens is 226 g/mol. The lowest BCUT2D eigenvalue weighted by atomic mass is 10.0. The molecule has 0 amide bonds. The maximum Gasteiger partial charge on any atom is 0.0785 e. The molecule has 0 aromatic heterocycles. The Hall–Kier alpha value is -0.900. The molecule has 1 saturated carbocycles. The van der Waals surface area contributed by atoms with Crippen molar-refractivity contribution in [1.29, 1.82) is 0 Å². The van der Waals surface area contributed by atoms with E-state index < -0.39 is 0 Å². The lowest BCUT2D eigenvalue weighted by molar-refractivity contribution is 0.0588. The van der Waals surface area contributed by atoms with Crippen LogP contribution in [0, 0.1) is 5.92 Å². The van der Waals surface area contributed by atoms with Crippen molar-refractivity contribution < 1.29 is 9.84 Å². The fourth-order valence-corrected chi connectivity index (χ4v) is 2.33. The SMILES string of the molecule is COCC(O)CCNC(c1ccccc1)C1CC1. The molecular formula is C15H23NO2. The molecule has 0 radical (unpaired) electrons. The summed E-state index contributed by atoms with van der Waals surface area (Å²) < 4.78 is 4.93. The van der Waals surface area contributed by atoms with Crippen LogP contribution in [0.2, 0.25) is 0 Å². The fraction of sp³-hybridized carbons (Fsp3) is 0.600. The number of nitrogens with one attached hydrogen (secondary N) is 1. The molecule has 1 fully saturated rings. The normalized spacial score (nSPS) is 18.6. The van der Waals surface area contributed by atoms with E-state index in [-0.39, 0.29) is 6.10 Å². The topological polar surface area (TPSA) is 41.5 Å². The van der Waals surface area contributed by atoms with E-state index in [0.717, 1.165) is 18.9 Å². The van der Waals surface area contributed by atoms with Crippen molar-refractivity contribution in [2.24, 2.45) is 5.92 Å². The average Bonchev–Trinajstić information content (AvgIpc) is 3.20. The van der Waals surface area contributed by atoms with Crippen LogP contribution in [0.1, 0.15) is 30.9 Å². The molecule has 2 unspecified atom stereocenters. The predicted octanol–water partition coefficient (Wildman–Crippen LogP) is 2.12. The third-order valence-corrected chi connectivity index (χ3v) is 3.45. The second-order valence-electron chi connectivity index (χ2n) is 5.08. The summed E-state index contributed by atoms with van der Waals surface area (Å²) in [4.78, 5) is 0. The first-order valence-electron chi connectivity index (χ1n) is 6.76. The van der Waals surface area contributed by atoms with E-state index in [0.29, 0.717) is 12.6 Å². The van der Waals surface area contributed by atoms with Gasteiger partial charge in [-0.25, -0.2) is 0 Å². The first-order valence-corrected chi connectivity index (χ1v) is 6.76. The van der Waals surface area contributed by atoms with Gasteiger partial charge in [0.2, 0.25) is 0 Å². The molecule has 2 atom stereocenters. The summed E-state index contributed by atoms with van der Waals surface area (Å²) in [6.45, 7) is 1.25. The molecule has 3 heteroatoms. The lowest BCUT2D eigenvalue weighted by Gasteiger charge is -2.19. The van der Waals surface area contributed by atoms with E-state index in [1.165, 1.54) is 18.4 Å². The Bertz CT molecular complexity index is 338. The number of aliphatic hydroxyl groups excluding tert-OH is 1. The van der Waals surface area contributed by atoms with Crippen molar-refractivity contribution in [2.45, 2.75) is 31.4 Å². The molecule has 100 valence electrons. The first kappa shape index (κ1) is 13.5. The Balaban J connectivity index is 1.81. The highest BCUT2D eigenvalue weighted by Crippen LogP contribution is 2.40. The smallest absolute Gasteiger partial charge is 0.0785 e. The number of ether oxygens (including phenoxy) is 1. The minimum Gasteiger partial charge on any atom is -0.391 e. The molecule has 1 aliphatic rings. The second kappa shape index (κ2) is 6.88. The predicted molar refractivity (Wildman–Crippen MR) is 72.4 cm³/mol. The molecule has 18 heavy (non-hydrogen) atoms. The lowest BCUT2D eigenvalue weighted by Crippen LogP contribution is -2.28. The van der Waals surface area contributed by atoms with Gasteiger partial charge in [-0.15, -0.1) is 0 Å². The molecule has 0 aliphatic heterocycles. The summed E-state index contributed by atoms with van der Waals surface area (Å²) in [6, 6.07) is 11.0. The molecule has 2 N–H and O–H groups in total. The zero-order valence-electron chi connectivity index (χ0n) is 11.0. The molecule has 0 spiro atoms. The molecule has 1 aromatic rings. The van der Waals surface area contributed by atoms with E-state index in [9.17, 15) is 5.11 Å². The summed E-state index contributed by atoms with van der Waals surface area (Å²) in [6.07, 6.45) is 3.00. The van der Waals surface area contributed by atoms with Gasteiger partial charge >= 0.3 is 0 Å². The summed E-state index contributed by atoms with van der Waals surface area (Å²) in [7, 11) is 1.62. The van der Waals surface area contributed by atoms with Crippen LogP contribution >= 0.6 is 0 Å². The van der Waals surface area contributed by atoms with Gasteiger partial charge in [0.05, 0.1) is 12.7 Å². The first-order chi connectivity index (χ1) is 8.81. The Labute approximate surface area is 109 Å². The molecule has 3 nitrogen and oxygen atoms in total.